The van der Waals surface area contributed by atoms with Gasteiger partial charge in [0, 0.05) is 24.7 Å². The van der Waals surface area contributed by atoms with Gasteiger partial charge in [-0.1, -0.05) is 18.7 Å². The van der Waals surface area contributed by atoms with Gasteiger partial charge in [-0.25, -0.2) is 0 Å². The molecule has 134 valence electrons. The number of hydrogen-bond acceptors (Lipinski definition) is 6. The van der Waals surface area contributed by atoms with Crippen LogP contribution in [0.5, 0.6) is 0 Å². The molecule has 3 rings (SSSR count). The Hall–Kier alpha value is -2.94. The third kappa shape index (κ3) is 4.37. The first kappa shape index (κ1) is 17.9. The Morgan fingerprint density at radius 2 is 1.73 bits per heavy atom. The van der Waals surface area contributed by atoms with Crippen molar-refractivity contribution < 1.29 is 9.59 Å². The number of aromatic nitrogens is 4. The van der Waals surface area contributed by atoms with Gasteiger partial charge >= 0.3 is 0 Å². The van der Waals surface area contributed by atoms with E-state index in [-0.39, 0.29) is 17.6 Å². The van der Waals surface area contributed by atoms with Gasteiger partial charge in [-0.2, -0.15) is 9.61 Å². The number of nitrogens with one attached hydrogen (secondary N) is 2. The van der Waals surface area contributed by atoms with Crippen LogP contribution in [0.4, 0.5) is 11.4 Å². The standard InChI is InChI=1S/C17H18N6O2S/c1-3-14-20-21-15-8-9-17(22-23(14)15)26-10-16(25)19-13-6-4-12(5-7-13)18-11(2)24/h4-9H,3,10H2,1-2H3,(H,18,24)(H,19,25). The summed E-state index contributed by atoms with van der Waals surface area (Å²) in [5.41, 5.74) is 2.04. The van der Waals surface area contributed by atoms with E-state index < -0.39 is 0 Å². The molecule has 9 heteroatoms. The Morgan fingerprint density at radius 1 is 1.04 bits per heavy atom. The molecule has 0 bridgehead atoms. The monoisotopic (exact) mass is 370 g/mol. The van der Waals surface area contributed by atoms with Gasteiger partial charge in [0.05, 0.1) is 5.75 Å². The number of anilines is 2. The van der Waals surface area contributed by atoms with Crippen LogP contribution in [0.1, 0.15) is 19.7 Å². The number of rotatable bonds is 6. The van der Waals surface area contributed by atoms with Crippen LogP contribution in [-0.4, -0.2) is 37.4 Å². The fraction of sp³-hybridized carbons (Fsp3) is 0.235. The van der Waals surface area contributed by atoms with Crippen molar-refractivity contribution in [3.63, 3.8) is 0 Å². The number of aryl methyl sites for hydroxylation is 1. The first-order valence-corrected chi connectivity index (χ1v) is 9.05. The van der Waals surface area contributed by atoms with Crippen LogP contribution in [0.2, 0.25) is 0 Å². The van der Waals surface area contributed by atoms with E-state index >= 15 is 0 Å². The molecule has 0 aliphatic heterocycles. The highest BCUT2D eigenvalue weighted by molar-refractivity contribution is 7.99. The van der Waals surface area contributed by atoms with E-state index in [9.17, 15) is 9.59 Å². The molecule has 0 saturated heterocycles. The summed E-state index contributed by atoms with van der Waals surface area (Å²) in [5.74, 6) is 0.743. The molecule has 1 aromatic carbocycles. The summed E-state index contributed by atoms with van der Waals surface area (Å²) in [4.78, 5) is 23.1. The van der Waals surface area contributed by atoms with Crippen molar-refractivity contribution in [2.75, 3.05) is 16.4 Å². The molecular weight excluding hydrogens is 352 g/mol. The van der Waals surface area contributed by atoms with Crippen molar-refractivity contribution in [1.82, 2.24) is 19.8 Å². The van der Waals surface area contributed by atoms with Crippen LogP contribution in [0, 0.1) is 0 Å². The summed E-state index contributed by atoms with van der Waals surface area (Å²) in [6.45, 7) is 3.43. The molecular formula is C17H18N6O2S. The van der Waals surface area contributed by atoms with E-state index in [1.54, 1.807) is 28.8 Å². The van der Waals surface area contributed by atoms with Gasteiger partial charge in [0.25, 0.3) is 0 Å². The topological polar surface area (TPSA) is 101 Å². The third-order valence-corrected chi connectivity index (χ3v) is 4.38. The molecule has 2 heterocycles. The van der Waals surface area contributed by atoms with Gasteiger partial charge in [-0.05, 0) is 36.4 Å². The quantitative estimate of drug-likeness (QED) is 0.646. The fourth-order valence-electron chi connectivity index (χ4n) is 2.29. The second kappa shape index (κ2) is 7.96. The molecule has 2 amide bonds. The molecule has 0 unspecified atom stereocenters. The number of carbonyl (C=O) groups excluding carboxylic acids is 2. The normalized spacial score (nSPS) is 10.7. The van der Waals surface area contributed by atoms with Crippen molar-refractivity contribution in [2.24, 2.45) is 0 Å². The molecule has 3 aromatic rings. The molecule has 0 saturated carbocycles. The summed E-state index contributed by atoms with van der Waals surface area (Å²) >= 11 is 1.34. The summed E-state index contributed by atoms with van der Waals surface area (Å²) in [6, 6.07) is 10.6. The minimum absolute atomic E-state index is 0.136. The van der Waals surface area contributed by atoms with E-state index in [1.165, 1.54) is 18.7 Å². The zero-order valence-corrected chi connectivity index (χ0v) is 15.2. The Balaban J connectivity index is 1.57. The van der Waals surface area contributed by atoms with Crippen LogP contribution in [0.15, 0.2) is 41.4 Å². The average molecular weight is 370 g/mol. The maximum Gasteiger partial charge on any atom is 0.234 e. The molecule has 0 radical (unpaired) electrons. The lowest BCUT2D eigenvalue weighted by molar-refractivity contribution is -0.114. The second-order valence-corrected chi connectivity index (χ2v) is 6.50. The second-order valence-electron chi connectivity index (χ2n) is 5.51. The van der Waals surface area contributed by atoms with E-state index in [1.807, 2.05) is 19.1 Å². The van der Waals surface area contributed by atoms with Crippen molar-refractivity contribution in [3.8, 4) is 0 Å². The number of fused-ring (bicyclic) bond motifs is 1. The third-order valence-electron chi connectivity index (χ3n) is 3.46. The first-order valence-electron chi connectivity index (χ1n) is 8.07. The highest BCUT2D eigenvalue weighted by Gasteiger charge is 2.08. The van der Waals surface area contributed by atoms with Crippen LogP contribution >= 0.6 is 11.8 Å². The Kier molecular flexibility index (Phi) is 5.47. The highest BCUT2D eigenvalue weighted by Crippen LogP contribution is 2.18. The Bertz CT molecular complexity index is 938. The summed E-state index contributed by atoms with van der Waals surface area (Å²) in [6.07, 6.45) is 0.733. The first-order chi connectivity index (χ1) is 12.5. The van der Waals surface area contributed by atoms with Crippen molar-refractivity contribution in [3.05, 3.63) is 42.2 Å². The molecule has 26 heavy (non-hydrogen) atoms. The van der Waals surface area contributed by atoms with Crippen LogP contribution < -0.4 is 10.6 Å². The molecule has 0 aliphatic carbocycles. The Morgan fingerprint density at radius 3 is 2.38 bits per heavy atom. The molecule has 0 fully saturated rings. The Labute approximate surface area is 154 Å². The highest BCUT2D eigenvalue weighted by atomic mass is 32.2. The van der Waals surface area contributed by atoms with Crippen molar-refractivity contribution in [2.45, 2.75) is 25.3 Å². The predicted molar refractivity (Wildman–Crippen MR) is 100 cm³/mol. The molecule has 0 aliphatic rings. The van der Waals surface area contributed by atoms with Gasteiger partial charge < -0.3 is 10.6 Å². The van der Waals surface area contributed by atoms with Crippen molar-refractivity contribution in [1.29, 1.82) is 0 Å². The largest absolute Gasteiger partial charge is 0.326 e. The van der Waals surface area contributed by atoms with Gasteiger partial charge in [-0.3, -0.25) is 9.59 Å². The summed E-state index contributed by atoms with van der Waals surface area (Å²) in [5, 5.41) is 18.8. The lowest BCUT2D eigenvalue weighted by Crippen LogP contribution is -2.14. The van der Waals surface area contributed by atoms with E-state index in [2.05, 4.69) is 25.9 Å². The van der Waals surface area contributed by atoms with Gasteiger partial charge in [0.2, 0.25) is 11.8 Å². The summed E-state index contributed by atoms with van der Waals surface area (Å²) < 4.78 is 1.70. The average Bonchev–Trinajstić information content (AvgIpc) is 3.03. The molecule has 2 N–H and O–H groups in total. The molecule has 0 spiro atoms. The molecule has 8 nitrogen and oxygen atoms in total. The maximum absolute atomic E-state index is 12.1. The number of nitrogens with zero attached hydrogens (tertiary/aromatic N) is 4. The fourth-order valence-corrected chi connectivity index (χ4v) is 2.95. The number of hydrogen-bond donors (Lipinski definition) is 2. The van der Waals surface area contributed by atoms with E-state index in [0.29, 0.717) is 17.0 Å². The van der Waals surface area contributed by atoms with Crippen LogP contribution in [0.25, 0.3) is 5.65 Å². The van der Waals surface area contributed by atoms with E-state index in [4.69, 9.17) is 0 Å². The van der Waals surface area contributed by atoms with Gasteiger partial charge in [0.15, 0.2) is 11.5 Å². The zero-order chi connectivity index (χ0) is 18.5. The summed E-state index contributed by atoms with van der Waals surface area (Å²) in [7, 11) is 0. The lowest BCUT2D eigenvalue weighted by Gasteiger charge is -2.07. The molecule has 2 aromatic heterocycles. The van der Waals surface area contributed by atoms with Gasteiger partial charge in [-0.15, -0.1) is 10.2 Å². The van der Waals surface area contributed by atoms with Crippen LogP contribution in [0.3, 0.4) is 0 Å². The van der Waals surface area contributed by atoms with E-state index in [0.717, 1.165) is 17.3 Å². The number of benzene rings is 1. The van der Waals surface area contributed by atoms with Crippen molar-refractivity contribution >= 4 is 40.6 Å². The maximum atomic E-state index is 12.1. The number of thioether (sulfide) groups is 1. The minimum Gasteiger partial charge on any atom is -0.326 e. The predicted octanol–water partition coefficient (Wildman–Crippen LogP) is 2.38. The minimum atomic E-state index is -0.137. The SMILES string of the molecule is CCc1nnc2ccc(SCC(=O)Nc3ccc(NC(C)=O)cc3)nn12. The van der Waals surface area contributed by atoms with Gasteiger partial charge in [0.1, 0.15) is 5.03 Å². The number of amides is 2. The number of carbonyl (C=O) groups is 2. The smallest absolute Gasteiger partial charge is 0.234 e. The van der Waals surface area contributed by atoms with Crippen LogP contribution in [-0.2, 0) is 16.0 Å². The lowest BCUT2D eigenvalue weighted by atomic mass is 10.3. The zero-order valence-electron chi connectivity index (χ0n) is 14.4. The molecule has 0 atom stereocenters.